The van der Waals surface area contributed by atoms with Crippen molar-refractivity contribution < 1.29 is 0 Å². The Morgan fingerprint density at radius 2 is 2.13 bits per heavy atom. The van der Waals surface area contributed by atoms with Gasteiger partial charge in [0.05, 0.1) is 5.69 Å². The molecule has 1 aliphatic heterocycles. The molecule has 1 unspecified atom stereocenters. The maximum atomic E-state index is 4.67. The van der Waals surface area contributed by atoms with Crippen molar-refractivity contribution >= 4 is 10.9 Å². The Kier molecular flexibility index (Phi) is 2.74. The molecule has 23 heavy (non-hydrogen) atoms. The fourth-order valence-electron chi connectivity index (χ4n) is 4.81. The van der Waals surface area contributed by atoms with Crippen LogP contribution < -0.4 is 0 Å². The first-order valence-electron chi connectivity index (χ1n) is 8.49. The van der Waals surface area contributed by atoms with E-state index in [1.807, 2.05) is 11.7 Å². The summed E-state index contributed by atoms with van der Waals surface area (Å²) in [7, 11) is 4.29. The minimum Gasteiger partial charge on any atom is -0.361 e. The first-order chi connectivity index (χ1) is 11.2. The summed E-state index contributed by atoms with van der Waals surface area (Å²) in [5, 5.41) is 6.15. The van der Waals surface area contributed by atoms with E-state index < -0.39 is 0 Å². The SMILES string of the molecule is CN1CC(c2ccn(C)n2)C[C@@H]2c3cccc4[nH]cc(c34)C[C@H]21. The average Bonchev–Trinajstić information content (AvgIpc) is 3.16. The predicted octanol–water partition coefficient (Wildman–Crippen LogP) is 3.03. The van der Waals surface area contributed by atoms with Crippen LogP contribution in [-0.2, 0) is 13.5 Å². The highest BCUT2D eigenvalue weighted by atomic mass is 15.3. The van der Waals surface area contributed by atoms with Crippen LogP contribution in [-0.4, -0.2) is 39.3 Å². The van der Waals surface area contributed by atoms with Crippen LogP contribution >= 0.6 is 0 Å². The smallest absolute Gasteiger partial charge is 0.0668 e. The molecular weight excluding hydrogens is 284 g/mol. The molecule has 4 heteroatoms. The average molecular weight is 306 g/mol. The predicted molar refractivity (Wildman–Crippen MR) is 91.7 cm³/mol. The molecule has 1 saturated heterocycles. The summed E-state index contributed by atoms with van der Waals surface area (Å²) in [5.74, 6) is 1.13. The van der Waals surface area contributed by atoms with Crippen molar-refractivity contribution in [2.24, 2.45) is 7.05 Å². The minimum atomic E-state index is 0.526. The number of aromatic nitrogens is 3. The summed E-state index contributed by atoms with van der Waals surface area (Å²) in [6, 6.07) is 9.54. The van der Waals surface area contributed by atoms with Crippen molar-refractivity contribution in [1.82, 2.24) is 19.7 Å². The number of likely N-dealkylation sites (tertiary alicyclic amines) is 1. The van der Waals surface area contributed by atoms with Crippen LogP contribution in [0, 0.1) is 0 Å². The lowest BCUT2D eigenvalue weighted by Gasteiger charge is -2.45. The molecule has 1 N–H and O–H groups in total. The zero-order valence-electron chi connectivity index (χ0n) is 13.7. The van der Waals surface area contributed by atoms with Crippen LogP contribution in [0.4, 0.5) is 0 Å². The van der Waals surface area contributed by atoms with E-state index >= 15 is 0 Å². The first-order valence-corrected chi connectivity index (χ1v) is 8.49. The molecule has 1 fully saturated rings. The number of nitrogens with one attached hydrogen (secondary N) is 1. The maximum absolute atomic E-state index is 4.67. The van der Waals surface area contributed by atoms with Crippen LogP contribution in [0.2, 0.25) is 0 Å². The van der Waals surface area contributed by atoms with Gasteiger partial charge in [-0.05, 0) is 43.1 Å². The number of hydrogen-bond acceptors (Lipinski definition) is 2. The van der Waals surface area contributed by atoms with Gasteiger partial charge in [-0.1, -0.05) is 12.1 Å². The molecule has 0 amide bonds. The van der Waals surface area contributed by atoms with Gasteiger partial charge in [0, 0.05) is 54.8 Å². The van der Waals surface area contributed by atoms with Crippen LogP contribution in [0.3, 0.4) is 0 Å². The summed E-state index contributed by atoms with van der Waals surface area (Å²) in [6.07, 6.45) is 6.64. The van der Waals surface area contributed by atoms with Crippen LogP contribution in [0.1, 0.15) is 35.1 Å². The number of benzene rings is 1. The molecule has 3 heterocycles. The number of rotatable bonds is 1. The second kappa shape index (κ2) is 4.71. The van der Waals surface area contributed by atoms with E-state index in [4.69, 9.17) is 0 Å². The number of aryl methyl sites for hydroxylation is 1. The largest absolute Gasteiger partial charge is 0.361 e. The Hall–Kier alpha value is -2.07. The highest BCUT2D eigenvalue weighted by Gasteiger charge is 2.40. The van der Waals surface area contributed by atoms with Gasteiger partial charge in [0.25, 0.3) is 0 Å². The number of likely N-dealkylation sites (N-methyl/N-ethyl adjacent to an activating group) is 1. The molecule has 4 nitrogen and oxygen atoms in total. The van der Waals surface area contributed by atoms with Crippen molar-refractivity contribution in [2.45, 2.75) is 30.7 Å². The Morgan fingerprint density at radius 3 is 2.96 bits per heavy atom. The number of nitrogens with zero attached hydrogens (tertiary/aromatic N) is 3. The van der Waals surface area contributed by atoms with E-state index in [0.29, 0.717) is 17.9 Å². The van der Waals surface area contributed by atoms with Crippen molar-refractivity contribution in [3.8, 4) is 0 Å². The maximum Gasteiger partial charge on any atom is 0.0668 e. The Labute approximate surface area is 136 Å². The molecule has 0 spiro atoms. The molecule has 1 aromatic carbocycles. The molecule has 1 aliphatic carbocycles. The van der Waals surface area contributed by atoms with Gasteiger partial charge in [-0.25, -0.2) is 0 Å². The number of piperidine rings is 1. The number of H-pyrrole nitrogens is 1. The van der Waals surface area contributed by atoms with Crippen molar-refractivity contribution in [2.75, 3.05) is 13.6 Å². The fourth-order valence-corrected chi connectivity index (χ4v) is 4.81. The van der Waals surface area contributed by atoms with E-state index in [2.05, 4.69) is 58.7 Å². The molecular formula is C19H22N4. The van der Waals surface area contributed by atoms with E-state index in [1.54, 1.807) is 0 Å². The highest BCUT2D eigenvalue weighted by molar-refractivity contribution is 5.88. The van der Waals surface area contributed by atoms with E-state index in [-0.39, 0.29) is 0 Å². The molecule has 3 atom stereocenters. The quantitative estimate of drug-likeness (QED) is 0.750. The number of aromatic amines is 1. The van der Waals surface area contributed by atoms with Crippen molar-refractivity contribution in [3.63, 3.8) is 0 Å². The minimum absolute atomic E-state index is 0.526. The van der Waals surface area contributed by atoms with Gasteiger partial charge in [-0.3, -0.25) is 4.68 Å². The van der Waals surface area contributed by atoms with Gasteiger partial charge >= 0.3 is 0 Å². The Balaban J connectivity index is 1.59. The van der Waals surface area contributed by atoms with E-state index in [0.717, 1.165) is 13.0 Å². The lowest BCUT2D eigenvalue weighted by atomic mass is 9.72. The summed E-state index contributed by atoms with van der Waals surface area (Å²) >= 11 is 0. The zero-order valence-corrected chi connectivity index (χ0v) is 13.7. The molecule has 5 rings (SSSR count). The normalized spacial score (nSPS) is 27.3. The monoisotopic (exact) mass is 306 g/mol. The summed E-state index contributed by atoms with van der Waals surface area (Å²) in [6.45, 7) is 1.11. The van der Waals surface area contributed by atoms with Crippen LogP contribution in [0.15, 0.2) is 36.7 Å². The summed E-state index contributed by atoms with van der Waals surface area (Å²) < 4.78 is 1.92. The van der Waals surface area contributed by atoms with Crippen LogP contribution in [0.5, 0.6) is 0 Å². The van der Waals surface area contributed by atoms with E-state index in [1.165, 1.54) is 34.1 Å². The topological polar surface area (TPSA) is 36.9 Å². The second-order valence-corrected chi connectivity index (χ2v) is 7.25. The van der Waals surface area contributed by atoms with Crippen molar-refractivity contribution in [1.29, 1.82) is 0 Å². The second-order valence-electron chi connectivity index (χ2n) is 7.25. The number of hydrogen-bond donors (Lipinski definition) is 1. The van der Waals surface area contributed by atoms with Gasteiger partial charge in [-0.15, -0.1) is 0 Å². The standard InChI is InChI=1S/C19H22N4/c1-22-11-13(16-6-7-23(2)21-16)8-15-14-4-3-5-17-19(14)12(10-20-17)9-18(15)22/h3-7,10,13,15,18,20H,8-9,11H2,1-2H3/t13?,15-,18-/m1/s1. The Bertz CT molecular complexity index is 875. The third-order valence-corrected chi connectivity index (χ3v) is 5.88. The van der Waals surface area contributed by atoms with Gasteiger partial charge in [0.2, 0.25) is 0 Å². The molecule has 3 aromatic rings. The highest BCUT2D eigenvalue weighted by Crippen LogP contribution is 2.46. The lowest BCUT2D eigenvalue weighted by molar-refractivity contribution is 0.138. The van der Waals surface area contributed by atoms with Crippen molar-refractivity contribution in [3.05, 3.63) is 53.5 Å². The van der Waals surface area contributed by atoms with Crippen LogP contribution in [0.25, 0.3) is 10.9 Å². The Morgan fingerprint density at radius 1 is 1.22 bits per heavy atom. The molecule has 0 bridgehead atoms. The zero-order chi connectivity index (χ0) is 15.6. The van der Waals surface area contributed by atoms with Gasteiger partial charge < -0.3 is 9.88 Å². The fraction of sp³-hybridized carbons (Fsp3) is 0.421. The molecule has 2 aromatic heterocycles. The number of fused-ring (bicyclic) bond motifs is 2. The summed E-state index contributed by atoms with van der Waals surface area (Å²) in [4.78, 5) is 6.01. The van der Waals surface area contributed by atoms with E-state index in [9.17, 15) is 0 Å². The molecule has 2 aliphatic rings. The van der Waals surface area contributed by atoms with Gasteiger partial charge in [-0.2, -0.15) is 5.10 Å². The first kappa shape index (κ1) is 13.4. The third-order valence-electron chi connectivity index (χ3n) is 5.88. The third kappa shape index (κ3) is 1.91. The lowest BCUT2D eigenvalue weighted by Crippen LogP contribution is -2.47. The molecule has 0 saturated carbocycles. The molecule has 118 valence electrons. The molecule has 0 radical (unpaired) electrons. The summed E-state index contributed by atoms with van der Waals surface area (Å²) in [5.41, 5.74) is 5.55. The van der Waals surface area contributed by atoms with Gasteiger partial charge in [0.1, 0.15) is 0 Å². The van der Waals surface area contributed by atoms with Gasteiger partial charge in [0.15, 0.2) is 0 Å².